The van der Waals surface area contributed by atoms with Crippen molar-refractivity contribution in [3.8, 4) is 5.69 Å². The van der Waals surface area contributed by atoms with Crippen LogP contribution < -0.4 is 5.32 Å². The lowest BCUT2D eigenvalue weighted by molar-refractivity contribution is -0.137. The lowest BCUT2D eigenvalue weighted by Crippen LogP contribution is -2.11. The van der Waals surface area contributed by atoms with E-state index in [0.29, 0.717) is 12.2 Å². The largest absolute Gasteiger partial charge is 0.416 e. The average molecular weight is 254 g/mol. The smallest absolute Gasteiger partial charge is 0.320 e. The molecule has 0 saturated heterocycles. The summed E-state index contributed by atoms with van der Waals surface area (Å²) < 4.78 is 39.7. The molecule has 0 unspecified atom stereocenters. The van der Waals surface area contributed by atoms with Crippen LogP contribution in [0.5, 0.6) is 0 Å². The predicted molar refractivity (Wildman–Crippen MR) is 63.5 cm³/mol. The first-order chi connectivity index (χ1) is 8.52. The fraction of sp³-hybridized carbons (Fsp3) is 0.231. The summed E-state index contributed by atoms with van der Waals surface area (Å²) in [5.41, 5.74) is 0.793. The highest BCUT2D eigenvalue weighted by molar-refractivity contribution is 5.39. The molecule has 0 amide bonds. The summed E-state index contributed by atoms with van der Waals surface area (Å²) in [6, 6.07) is 8.99. The van der Waals surface area contributed by atoms with Crippen molar-refractivity contribution in [1.82, 2.24) is 9.88 Å². The number of nitrogens with zero attached hydrogens (tertiary/aromatic N) is 1. The molecular formula is C13H13F3N2. The van der Waals surface area contributed by atoms with Crippen LogP contribution in [0.2, 0.25) is 0 Å². The molecule has 0 spiro atoms. The van der Waals surface area contributed by atoms with Gasteiger partial charge in [0.05, 0.1) is 5.56 Å². The number of rotatable bonds is 3. The first-order valence-electron chi connectivity index (χ1n) is 5.51. The van der Waals surface area contributed by atoms with Crippen molar-refractivity contribution in [3.63, 3.8) is 0 Å². The Kier molecular flexibility index (Phi) is 3.43. The molecule has 0 fully saturated rings. The van der Waals surface area contributed by atoms with Gasteiger partial charge in [0, 0.05) is 24.1 Å². The molecular weight excluding hydrogens is 241 g/mol. The molecule has 0 aliphatic carbocycles. The summed E-state index contributed by atoms with van der Waals surface area (Å²) in [6.45, 7) is 0.600. The second-order valence-electron chi connectivity index (χ2n) is 3.95. The minimum Gasteiger partial charge on any atom is -0.320 e. The Labute approximate surface area is 103 Å². The Morgan fingerprint density at radius 2 is 1.94 bits per heavy atom. The van der Waals surface area contributed by atoms with E-state index >= 15 is 0 Å². The molecule has 0 radical (unpaired) electrons. The quantitative estimate of drug-likeness (QED) is 0.890. The van der Waals surface area contributed by atoms with Crippen molar-refractivity contribution in [1.29, 1.82) is 0 Å². The molecule has 0 aliphatic heterocycles. The molecule has 1 aromatic carbocycles. The standard InChI is InChI=1S/C13H13F3N2/c1-17-9-12-6-3-7-18(12)11-5-2-4-10(8-11)13(14,15)16/h2-8,17H,9H2,1H3. The number of benzene rings is 1. The van der Waals surface area contributed by atoms with Gasteiger partial charge in [-0.1, -0.05) is 6.07 Å². The van der Waals surface area contributed by atoms with Crippen molar-refractivity contribution >= 4 is 0 Å². The molecule has 18 heavy (non-hydrogen) atoms. The van der Waals surface area contributed by atoms with E-state index in [9.17, 15) is 13.2 Å². The number of alkyl halides is 3. The van der Waals surface area contributed by atoms with Crippen LogP contribution in [-0.4, -0.2) is 11.6 Å². The topological polar surface area (TPSA) is 17.0 Å². The monoisotopic (exact) mass is 254 g/mol. The second kappa shape index (κ2) is 4.86. The number of aromatic nitrogens is 1. The lowest BCUT2D eigenvalue weighted by Gasteiger charge is -2.12. The Morgan fingerprint density at radius 1 is 1.17 bits per heavy atom. The van der Waals surface area contributed by atoms with Gasteiger partial charge in [-0.3, -0.25) is 0 Å². The maximum atomic E-state index is 12.6. The van der Waals surface area contributed by atoms with Gasteiger partial charge < -0.3 is 9.88 Å². The SMILES string of the molecule is CNCc1cccn1-c1cccc(C(F)(F)F)c1. The van der Waals surface area contributed by atoms with Gasteiger partial charge in [-0.05, 0) is 37.4 Å². The molecule has 1 heterocycles. The van der Waals surface area contributed by atoms with Crippen molar-refractivity contribution in [2.75, 3.05) is 7.05 Å². The molecule has 5 heteroatoms. The number of halogens is 3. The summed E-state index contributed by atoms with van der Waals surface area (Å²) in [5, 5.41) is 2.98. The van der Waals surface area contributed by atoms with Crippen molar-refractivity contribution in [2.45, 2.75) is 12.7 Å². The molecule has 1 N–H and O–H groups in total. The third kappa shape index (κ3) is 2.56. The Hall–Kier alpha value is -1.75. The van der Waals surface area contributed by atoms with Gasteiger partial charge in [-0.25, -0.2) is 0 Å². The van der Waals surface area contributed by atoms with Gasteiger partial charge in [-0.15, -0.1) is 0 Å². The molecule has 0 atom stereocenters. The van der Waals surface area contributed by atoms with Crippen LogP contribution in [0.25, 0.3) is 5.69 Å². The van der Waals surface area contributed by atoms with Crippen LogP contribution in [0.3, 0.4) is 0 Å². The van der Waals surface area contributed by atoms with Gasteiger partial charge >= 0.3 is 6.18 Å². The normalized spacial score (nSPS) is 11.8. The molecule has 2 aromatic rings. The Morgan fingerprint density at radius 3 is 2.61 bits per heavy atom. The van der Waals surface area contributed by atoms with E-state index < -0.39 is 11.7 Å². The van der Waals surface area contributed by atoms with Crippen molar-refractivity contribution in [2.24, 2.45) is 0 Å². The summed E-state index contributed by atoms with van der Waals surface area (Å²) in [4.78, 5) is 0. The van der Waals surface area contributed by atoms with Gasteiger partial charge in [0.1, 0.15) is 0 Å². The zero-order chi connectivity index (χ0) is 13.2. The third-order valence-corrected chi connectivity index (χ3v) is 2.64. The first kappa shape index (κ1) is 12.7. The van der Waals surface area contributed by atoms with Crippen molar-refractivity contribution < 1.29 is 13.2 Å². The molecule has 0 bridgehead atoms. The minimum atomic E-state index is -4.31. The predicted octanol–water partition coefficient (Wildman–Crippen LogP) is 3.22. The maximum Gasteiger partial charge on any atom is 0.416 e. The molecule has 96 valence electrons. The summed E-state index contributed by atoms with van der Waals surface area (Å²) in [6.07, 6.45) is -2.56. The van der Waals surface area contributed by atoms with E-state index in [4.69, 9.17) is 0 Å². The second-order valence-corrected chi connectivity index (χ2v) is 3.95. The zero-order valence-corrected chi connectivity index (χ0v) is 9.83. The molecule has 0 aliphatic rings. The van der Waals surface area contributed by atoms with E-state index in [1.807, 2.05) is 12.1 Å². The average Bonchev–Trinajstić information content (AvgIpc) is 2.77. The summed E-state index contributed by atoms with van der Waals surface area (Å²) in [5.74, 6) is 0. The maximum absolute atomic E-state index is 12.6. The summed E-state index contributed by atoms with van der Waals surface area (Å²) >= 11 is 0. The van der Waals surface area contributed by atoms with Crippen molar-refractivity contribution in [3.05, 3.63) is 53.9 Å². The summed E-state index contributed by atoms with van der Waals surface area (Å²) in [7, 11) is 1.80. The third-order valence-electron chi connectivity index (χ3n) is 2.64. The first-order valence-corrected chi connectivity index (χ1v) is 5.51. The molecule has 2 rings (SSSR count). The van der Waals surface area contributed by atoms with Gasteiger partial charge in [0.15, 0.2) is 0 Å². The van der Waals surface area contributed by atoms with Gasteiger partial charge in [0.2, 0.25) is 0 Å². The van der Waals surface area contributed by atoms with E-state index in [1.54, 1.807) is 23.9 Å². The number of hydrogen-bond acceptors (Lipinski definition) is 1. The van der Waals surface area contributed by atoms with Crippen LogP contribution in [-0.2, 0) is 12.7 Å². The van der Waals surface area contributed by atoms with E-state index in [-0.39, 0.29) is 0 Å². The highest BCUT2D eigenvalue weighted by Gasteiger charge is 2.30. The lowest BCUT2D eigenvalue weighted by atomic mass is 10.2. The highest BCUT2D eigenvalue weighted by Crippen LogP contribution is 2.30. The Balaban J connectivity index is 2.42. The van der Waals surface area contributed by atoms with Crippen LogP contribution in [0.15, 0.2) is 42.6 Å². The number of hydrogen-bond donors (Lipinski definition) is 1. The molecule has 0 saturated carbocycles. The van der Waals surface area contributed by atoms with Gasteiger partial charge in [0.25, 0.3) is 0 Å². The molecule has 1 aromatic heterocycles. The number of nitrogens with one attached hydrogen (secondary N) is 1. The zero-order valence-electron chi connectivity index (χ0n) is 9.83. The van der Waals surface area contributed by atoms with Crippen LogP contribution >= 0.6 is 0 Å². The Bertz CT molecular complexity index is 529. The van der Waals surface area contributed by atoms with E-state index in [2.05, 4.69) is 5.32 Å². The van der Waals surface area contributed by atoms with E-state index in [0.717, 1.165) is 17.8 Å². The highest BCUT2D eigenvalue weighted by atomic mass is 19.4. The minimum absolute atomic E-state index is 0.514. The fourth-order valence-corrected chi connectivity index (χ4v) is 1.83. The molecule has 2 nitrogen and oxygen atoms in total. The fourth-order valence-electron chi connectivity index (χ4n) is 1.83. The van der Waals surface area contributed by atoms with Crippen LogP contribution in [0.1, 0.15) is 11.3 Å². The van der Waals surface area contributed by atoms with E-state index in [1.165, 1.54) is 6.07 Å². The van der Waals surface area contributed by atoms with Gasteiger partial charge in [-0.2, -0.15) is 13.2 Å². The van der Waals surface area contributed by atoms with Crippen LogP contribution in [0, 0.1) is 0 Å². The van der Waals surface area contributed by atoms with Crippen LogP contribution in [0.4, 0.5) is 13.2 Å².